The lowest BCUT2D eigenvalue weighted by Gasteiger charge is -2.23. The number of aromatic nitrogens is 2. The van der Waals surface area contributed by atoms with Gasteiger partial charge in [0.05, 0.1) is 0 Å². The Morgan fingerprint density at radius 1 is 1.28 bits per heavy atom. The molecule has 0 saturated carbocycles. The van der Waals surface area contributed by atoms with Crippen molar-refractivity contribution < 1.29 is 0 Å². The van der Waals surface area contributed by atoms with Gasteiger partial charge in [0, 0.05) is 24.3 Å². The molecule has 1 N–H and O–H groups in total. The first kappa shape index (κ1) is 14.9. The summed E-state index contributed by atoms with van der Waals surface area (Å²) >= 11 is 0. The minimum Gasteiger partial charge on any atom is -0.370 e. The van der Waals surface area contributed by atoms with Crippen LogP contribution in [0.4, 0.5) is 5.82 Å². The molecule has 1 heterocycles. The second-order valence-corrected chi connectivity index (χ2v) is 5.12. The molecule has 1 rings (SSSR count). The van der Waals surface area contributed by atoms with Gasteiger partial charge >= 0.3 is 0 Å². The summed E-state index contributed by atoms with van der Waals surface area (Å²) in [5.74, 6) is 1.37. The molecule has 1 atom stereocenters. The fourth-order valence-corrected chi connectivity index (χ4v) is 1.73. The van der Waals surface area contributed by atoms with E-state index in [4.69, 9.17) is 0 Å². The first-order valence-corrected chi connectivity index (χ1v) is 6.80. The second kappa shape index (κ2) is 7.31. The Morgan fingerprint density at radius 3 is 2.61 bits per heavy atom. The molecule has 1 aromatic heterocycles. The molecule has 0 aliphatic heterocycles. The van der Waals surface area contributed by atoms with Gasteiger partial charge in [-0.25, -0.2) is 9.97 Å². The zero-order valence-electron chi connectivity index (χ0n) is 12.3. The minimum atomic E-state index is 0.443. The Hall–Kier alpha value is -1.16. The zero-order valence-corrected chi connectivity index (χ0v) is 12.3. The van der Waals surface area contributed by atoms with Crippen molar-refractivity contribution >= 4 is 5.82 Å². The van der Waals surface area contributed by atoms with Gasteiger partial charge in [-0.3, -0.25) is 0 Å². The molecule has 4 nitrogen and oxygen atoms in total. The molecule has 0 aromatic carbocycles. The van der Waals surface area contributed by atoms with E-state index in [1.807, 2.05) is 6.07 Å². The number of nitrogens with one attached hydrogen (secondary N) is 1. The van der Waals surface area contributed by atoms with E-state index in [0.29, 0.717) is 12.0 Å². The summed E-state index contributed by atoms with van der Waals surface area (Å²) in [5.41, 5.74) is 1.09. The first-order valence-electron chi connectivity index (χ1n) is 6.80. The van der Waals surface area contributed by atoms with Gasteiger partial charge in [-0.05, 0) is 32.9 Å². The summed E-state index contributed by atoms with van der Waals surface area (Å²) in [7, 11) is 2.16. The normalized spacial score (nSPS) is 13.1. The highest BCUT2D eigenvalue weighted by Crippen LogP contribution is 2.13. The van der Waals surface area contributed by atoms with Crippen LogP contribution >= 0.6 is 0 Å². The highest BCUT2D eigenvalue weighted by atomic mass is 15.1. The summed E-state index contributed by atoms with van der Waals surface area (Å²) in [6.07, 6.45) is 2.75. The molecule has 1 aromatic rings. The maximum Gasteiger partial charge on any atom is 0.129 e. The largest absolute Gasteiger partial charge is 0.370 e. The lowest BCUT2D eigenvalue weighted by Crippen LogP contribution is -2.30. The van der Waals surface area contributed by atoms with Crippen LogP contribution in [0.3, 0.4) is 0 Å². The Bertz CT molecular complexity index is 351. The van der Waals surface area contributed by atoms with Crippen molar-refractivity contribution in [1.29, 1.82) is 0 Å². The van der Waals surface area contributed by atoms with Crippen LogP contribution in [0.25, 0.3) is 0 Å². The molecule has 0 spiro atoms. The average molecular weight is 250 g/mol. The molecule has 0 bridgehead atoms. The van der Waals surface area contributed by atoms with Gasteiger partial charge in [0.25, 0.3) is 0 Å². The highest BCUT2D eigenvalue weighted by molar-refractivity contribution is 5.35. The maximum atomic E-state index is 4.26. The predicted molar refractivity (Wildman–Crippen MR) is 77.0 cm³/mol. The summed E-state index contributed by atoms with van der Waals surface area (Å²) in [5, 5.41) is 3.37. The van der Waals surface area contributed by atoms with Gasteiger partial charge < -0.3 is 10.2 Å². The fourth-order valence-electron chi connectivity index (χ4n) is 1.73. The van der Waals surface area contributed by atoms with Crippen molar-refractivity contribution in [3.05, 3.63) is 18.1 Å². The highest BCUT2D eigenvalue weighted by Gasteiger charge is 2.07. The van der Waals surface area contributed by atoms with Crippen molar-refractivity contribution in [1.82, 2.24) is 14.9 Å². The van der Waals surface area contributed by atoms with Gasteiger partial charge in [-0.15, -0.1) is 0 Å². The van der Waals surface area contributed by atoms with Gasteiger partial charge in [0.2, 0.25) is 0 Å². The van der Waals surface area contributed by atoms with Crippen LogP contribution in [-0.4, -0.2) is 41.0 Å². The van der Waals surface area contributed by atoms with Crippen molar-refractivity contribution in [2.45, 2.75) is 46.1 Å². The first-order chi connectivity index (χ1) is 8.54. The number of hydrogen-bond acceptors (Lipinski definition) is 4. The van der Waals surface area contributed by atoms with Crippen molar-refractivity contribution in [2.24, 2.45) is 0 Å². The fraction of sp³-hybridized carbons (Fsp3) is 0.714. The third-order valence-corrected chi connectivity index (χ3v) is 3.40. The Morgan fingerprint density at radius 2 is 2.00 bits per heavy atom. The minimum absolute atomic E-state index is 0.443. The average Bonchev–Trinajstić information content (AvgIpc) is 2.38. The topological polar surface area (TPSA) is 41.0 Å². The predicted octanol–water partition coefficient (Wildman–Crippen LogP) is 2.74. The van der Waals surface area contributed by atoms with Gasteiger partial charge in [-0.2, -0.15) is 0 Å². The number of hydrogen-bond donors (Lipinski definition) is 1. The number of nitrogens with zero attached hydrogens (tertiary/aromatic N) is 3. The lowest BCUT2D eigenvalue weighted by molar-refractivity contribution is 0.263. The molecule has 0 aliphatic carbocycles. The van der Waals surface area contributed by atoms with Crippen LogP contribution in [-0.2, 0) is 0 Å². The molecule has 0 saturated heterocycles. The molecule has 0 radical (unpaired) electrons. The zero-order chi connectivity index (χ0) is 13.5. The molecule has 0 unspecified atom stereocenters. The van der Waals surface area contributed by atoms with E-state index in [0.717, 1.165) is 31.0 Å². The quantitative estimate of drug-likeness (QED) is 0.808. The summed E-state index contributed by atoms with van der Waals surface area (Å²) in [4.78, 5) is 10.9. The summed E-state index contributed by atoms with van der Waals surface area (Å²) in [6.45, 7) is 10.8. The van der Waals surface area contributed by atoms with E-state index < -0.39 is 0 Å². The van der Waals surface area contributed by atoms with Crippen molar-refractivity contribution in [2.75, 3.05) is 25.5 Å². The Labute approximate surface area is 111 Å². The van der Waals surface area contributed by atoms with Gasteiger partial charge in [0.15, 0.2) is 0 Å². The molecule has 0 aliphatic rings. The Balaban J connectivity index is 2.42. The van der Waals surface area contributed by atoms with E-state index in [1.54, 1.807) is 6.33 Å². The van der Waals surface area contributed by atoms with Crippen LogP contribution in [0.15, 0.2) is 12.4 Å². The SMILES string of the molecule is CCN(C)[C@@H](C)CCNc1cc(C(C)C)ncn1. The monoisotopic (exact) mass is 250 g/mol. The maximum absolute atomic E-state index is 4.26. The van der Waals surface area contributed by atoms with E-state index in [1.165, 1.54) is 0 Å². The van der Waals surface area contributed by atoms with Crippen LogP contribution in [0, 0.1) is 0 Å². The lowest BCUT2D eigenvalue weighted by atomic mass is 10.1. The van der Waals surface area contributed by atoms with E-state index in [9.17, 15) is 0 Å². The number of anilines is 1. The molecule has 0 fully saturated rings. The molecule has 0 amide bonds. The van der Waals surface area contributed by atoms with Crippen LogP contribution in [0.1, 0.15) is 45.7 Å². The van der Waals surface area contributed by atoms with Crippen LogP contribution < -0.4 is 5.32 Å². The molecule has 18 heavy (non-hydrogen) atoms. The molecule has 102 valence electrons. The van der Waals surface area contributed by atoms with Gasteiger partial charge in [0.1, 0.15) is 12.1 Å². The number of rotatable bonds is 7. The van der Waals surface area contributed by atoms with Gasteiger partial charge in [-0.1, -0.05) is 20.8 Å². The second-order valence-electron chi connectivity index (χ2n) is 5.12. The molecular formula is C14H26N4. The van der Waals surface area contributed by atoms with E-state index >= 15 is 0 Å². The summed E-state index contributed by atoms with van der Waals surface area (Å²) in [6, 6.07) is 2.63. The Kier molecular flexibility index (Phi) is 6.05. The van der Waals surface area contributed by atoms with Crippen molar-refractivity contribution in [3.8, 4) is 0 Å². The standard InChI is InChI=1S/C14H26N4/c1-6-18(5)12(4)7-8-15-14-9-13(11(2)3)16-10-17-14/h9-12H,6-8H2,1-5H3,(H,15,16,17)/t12-/m0/s1. The van der Waals surface area contributed by atoms with E-state index in [2.05, 4.69) is 54.9 Å². The van der Waals surface area contributed by atoms with Crippen molar-refractivity contribution in [3.63, 3.8) is 0 Å². The molecular weight excluding hydrogens is 224 g/mol. The smallest absolute Gasteiger partial charge is 0.129 e. The van der Waals surface area contributed by atoms with Crippen LogP contribution in [0.2, 0.25) is 0 Å². The molecule has 4 heteroatoms. The van der Waals surface area contributed by atoms with E-state index in [-0.39, 0.29) is 0 Å². The third kappa shape index (κ3) is 4.61. The third-order valence-electron chi connectivity index (χ3n) is 3.40. The summed E-state index contributed by atoms with van der Waals surface area (Å²) < 4.78 is 0. The van der Waals surface area contributed by atoms with Crippen LogP contribution in [0.5, 0.6) is 0 Å².